The number of aromatic nitrogens is 2. The second kappa shape index (κ2) is 7.33. The monoisotopic (exact) mass is 465 g/mol. The molecular formula is C23H29F2N3O3S. The van der Waals surface area contributed by atoms with Crippen molar-refractivity contribution in [2.24, 2.45) is 22.7 Å². The van der Waals surface area contributed by atoms with E-state index in [-0.39, 0.29) is 39.5 Å². The highest BCUT2D eigenvalue weighted by molar-refractivity contribution is 7.89. The summed E-state index contributed by atoms with van der Waals surface area (Å²) in [6.07, 6.45) is 3.58. The zero-order chi connectivity index (χ0) is 22.9. The molecule has 2 aromatic rings. The van der Waals surface area contributed by atoms with Crippen LogP contribution in [0.25, 0.3) is 0 Å². The lowest BCUT2D eigenvalue weighted by atomic mass is 9.59. The van der Waals surface area contributed by atoms with Gasteiger partial charge >= 0.3 is 6.55 Å². The van der Waals surface area contributed by atoms with Gasteiger partial charge in [-0.05, 0) is 54.4 Å². The molecule has 3 aliphatic rings. The van der Waals surface area contributed by atoms with Gasteiger partial charge < -0.3 is 4.74 Å². The summed E-state index contributed by atoms with van der Waals surface area (Å²) >= 11 is 0. The van der Waals surface area contributed by atoms with Crippen LogP contribution in [0.15, 0.2) is 41.4 Å². The van der Waals surface area contributed by atoms with Crippen LogP contribution in [0, 0.1) is 29.6 Å². The highest BCUT2D eigenvalue weighted by Crippen LogP contribution is 2.70. The number of ether oxygens (including phenoxy) is 1. The molecule has 0 amide bonds. The lowest BCUT2D eigenvalue weighted by Crippen LogP contribution is -2.58. The van der Waals surface area contributed by atoms with Crippen LogP contribution in [0.4, 0.5) is 8.78 Å². The van der Waals surface area contributed by atoms with Crippen LogP contribution in [0.2, 0.25) is 0 Å². The molecule has 1 saturated heterocycles. The summed E-state index contributed by atoms with van der Waals surface area (Å²) in [5.74, 6) is 0.562. The van der Waals surface area contributed by atoms with Crippen molar-refractivity contribution in [2.75, 3.05) is 6.61 Å². The van der Waals surface area contributed by atoms with E-state index in [0.29, 0.717) is 17.2 Å². The average molecular weight is 466 g/mol. The van der Waals surface area contributed by atoms with Crippen LogP contribution in [0.3, 0.4) is 0 Å². The largest absolute Gasteiger partial charge is 0.373 e. The van der Waals surface area contributed by atoms with Gasteiger partial charge in [-0.2, -0.15) is 13.9 Å². The molecule has 3 fully saturated rings. The van der Waals surface area contributed by atoms with Gasteiger partial charge in [0.05, 0.1) is 18.0 Å². The maximum absolute atomic E-state index is 13.4. The molecule has 1 unspecified atom stereocenters. The lowest BCUT2D eigenvalue weighted by molar-refractivity contribution is -0.118. The Morgan fingerprint density at radius 3 is 2.62 bits per heavy atom. The quantitative estimate of drug-likeness (QED) is 0.708. The summed E-state index contributed by atoms with van der Waals surface area (Å²) < 4.78 is 62.6. The van der Waals surface area contributed by atoms with Crippen LogP contribution in [-0.2, 0) is 14.8 Å². The Hall–Kier alpha value is -1.84. The Bertz CT molecular complexity index is 1120. The highest BCUT2D eigenvalue weighted by Gasteiger charge is 2.68. The van der Waals surface area contributed by atoms with Crippen molar-refractivity contribution in [2.45, 2.75) is 63.6 Å². The summed E-state index contributed by atoms with van der Waals surface area (Å²) in [4.78, 5) is -0.184. The van der Waals surface area contributed by atoms with Crippen molar-refractivity contribution in [1.29, 1.82) is 0 Å². The SMILES string of the molecule is Cc1nn(C(F)F)cc1S(=O)(=O)N[C@H]1C(C)(C)[C@@H]2C[C@@H]3[C@@H](c4ccccc4)OCCC31C2. The third kappa shape index (κ3) is 3.15. The Morgan fingerprint density at radius 1 is 1.25 bits per heavy atom. The topological polar surface area (TPSA) is 73.2 Å². The van der Waals surface area contributed by atoms with E-state index in [4.69, 9.17) is 4.74 Å². The maximum Gasteiger partial charge on any atom is 0.333 e. The van der Waals surface area contributed by atoms with Gasteiger partial charge in [0.15, 0.2) is 0 Å². The van der Waals surface area contributed by atoms with Crippen molar-refractivity contribution >= 4 is 10.0 Å². The number of sulfonamides is 1. The van der Waals surface area contributed by atoms with Crippen LogP contribution in [0.5, 0.6) is 0 Å². The first-order valence-corrected chi connectivity index (χ1v) is 12.6. The zero-order valence-corrected chi connectivity index (χ0v) is 19.3. The number of alkyl halides is 2. The van der Waals surface area contributed by atoms with Crippen molar-refractivity contribution in [1.82, 2.24) is 14.5 Å². The van der Waals surface area contributed by atoms with Crippen LogP contribution >= 0.6 is 0 Å². The van der Waals surface area contributed by atoms with Crippen LogP contribution in [0.1, 0.15) is 57.0 Å². The first-order valence-electron chi connectivity index (χ1n) is 11.1. The smallest absolute Gasteiger partial charge is 0.333 e. The van der Waals surface area contributed by atoms with E-state index in [1.165, 1.54) is 6.92 Å². The average Bonchev–Trinajstić information content (AvgIpc) is 3.39. The minimum Gasteiger partial charge on any atom is -0.373 e. The van der Waals surface area contributed by atoms with Gasteiger partial charge in [-0.25, -0.2) is 17.8 Å². The van der Waals surface area contributed by atoms with E-state index < -0.39 is 16.6 Å². The van der Waals surface area contributed by atoms with Crippen molar-refractivity contribution in [3.05, 3.63) is 47.8 Å². The number of nitrogens with one attached hydrogen (secondary N) is 1. The van der Waals surface area contributed by atoms with Gasteiger partial charge in [0.1, 0.15) is 4.90 Å². The predicted octanol–water partition coefficient (Wildman–Crippen LogP) is 4.45. The first kappa shape index (κ1) is 22.0. The normalized spacial score (nSPS) is 33.6. The van der Waals surface area contributed by atoms with Gasteiger partial charge in [0.2, 0.25) is 10.0 Å². The van der Waals surface area contributed by atoms with Crippen molar-refractivity contribution in [3.8, 4) is 0 Å². The van der Waals surface area contributed by atoms with Gasteiger partial charge in [0.25, 0.3) is 0 Å². The third-order valence-corrected chi connectivity index (χ3v) is 9.79. The Balaban J connectivity index is 1.51. The first-order chi connectivity index (χ1) is 15.1. The minimum atomic E-state index is -4.03. The summed E-state index contributed by atoms with van der Waals surface area (Å²) in [7, 11) is -4.03. The Kier molecular flexibility index (Phi) is 5.04. The molecule has 1 spiro atoms. The fourth-order valence-electron chi connectivity index (χ4n) is 6.75. The number of fused-ring (bicyclic) bond motifs is 1. The van der Waals surface area contributed by atoms with Gasteiger partial charge in [0, 0.05) is 12.6 Å². The highest BCUT2D eigenvalue weighted by atomic mass is 32.2. The van der Waals surface area contributed by atoms with E-state index >= 15 is 0 Å². The fourth-order valence-corrected chi connectivity index (χ4v) is 8.40. The van der Waals surface area contributed by atoms with E-state index in [0.717, 1.165) is 31.0 Å². The molecule has 1 aromatic carbocycles. The molecule has 1 N–H and O–H groups in total. The fraction of sp³-hybridized carbons (Fsp3) is 0.609. The molecule has 1 aliphatic heterocycles. The molecule has 9 heteroatoms. The Morgan fingerprint density at radius 2 is 1.97 bits per heavy atom. The van der Waals surface area contributed by atoms with Crippen LogP contribution < -0.4 is 4.72 Å². The molecule has 2 bridgehead atoms. The second-order valence-corrected chi connectivity index (χ2v) is 11.8. The molecule has 5 rings (SSSR count). The van der Waals surface area contributed by atoms with Gasteiger partial charge in [-0.15, -0.1) is 0 Å². The van der Waals surface area contributed by atoms with E-state index in [9.17, 15) is 17.2 Å². The molecule has 174 valence electrons. The molecule has 1 aromatic heterocycles. The Labute approximate surface area is 187 Å². The summed E-state index contributed by atoms with van der Waals surface area (Å²) in [5.41, 5.74) is 0.709. The molecule has 2 aliphatic carbocycles. The van der Waals surface area contributed by atoms with Crippen molar-refractivity contribution < 1.29 is 21.9 Å². The summed E-state index contributed by atoms with van der Waals surface area (Å²) in [5, 5.41) is 3.69. The molecule has 2 saturated carbocycles. The number of hydrogen-bond donors (Lipinski definition) is 1. The lowest BCUT2D eigenvalue weighted by Gasteiger charge is -2.53. The van der Waals surface area contributed by atoms with E-state index in [1.807, 2.05) is 18.2 Å². The van der Waals surface area contributed by atoms with E-state index in [2.05, 4.69) is 35.8 Å². The van der Waals surface area contributed by atoms with Gasteiger partial charge in [-0.1, -0.05) is 44.2 Å². The number of benzene rings is 1. The molecule has 32 heavy (non-hydrogen) atoms. The van der Waals surface area contributed by atoms with Crippen LogP contribution in [-0.4, -0.2) is 30.8 Å². The molecule has 2 heterocycles. The van der Waals surface area contributed by atoms with Gasteiger partial charge in [-0.3, -0.25) is 0 Å². The number of nitrogens with zero attached hydrogens (tertiary/aromatic N) is 2. The number of hydrogen-bond acceptors (Lipinski definition) is 4. The maximum atomic E-state index is 13.4. The van der Waals surface area contributed by atoms with E-state index in [1.54, 1.807) is 0 Å². The summed E-state index contributed by atoms with van der Waals surface area (Å²) in [6, 6.07) is 9.81. The second-order valence-electron chi connectivity index (χ2n) is 10.1. The molecular weight excluding hydrogens is 436 g/mol. The predicted molar refractivity (Wildman–Crippen MR) is 115 cm³/mol. The van der Waals surface area contributed by atoms with Crippen molar-refractivity contribution in [3.63, 3.8) is 0 Å². The summed E-state index contributed by atoms with van der Waals surface area (Å²) in [6.45, 7) is 3.37. The number of rotatable bonds is 5. The molecule has 5 atom stereocenters. The zero-order valence-electron chi connectivity index (χ0n) is 18.5. The molecule has 6 nitrogen and oxygen atoms in total. The number of aryl methyl sites for hydroxylation is 1. The molecule has 0 radical (unpaired) electrons. The third-order valence-electron chi connectivity index (χ3n) is 8.27. The standard InChI is InChI=1S/C23H29F2N3O3S/c1-14-18(13-28(26-14)21(24)25)32(29,30)27-20-22(2,3)16-11-17-19(15-7-5-4-6-8-15)31-10-9-23(17,20)12-16/h4-8,13,16-17,19-21,27H,9-12H2,1-3H3/t16-,17-,19-,20+,23?/m1/s1. The number of halogens is 2. The minimum absolute atomic E-state index is 0.0682.